The number of piperidine rings is 1. The van der Waals surface area contributed by atoms with E-state index in [2.05, 4.69) is 15.4 Å². The first-order valence-electron chi connectivity index (χ1n) is 9.91. The van der Waals surface area contributed by atoms with Crippen LogP contribution in [0.3, 0.4) is 0 Å². The second-order valence-corrected chi connectivity index (χ2v) is 8.15. The highest BCUT2D eigenvalue weighted by atomic mass is 32.1. The first kappa shape index (κ1) is 20.0. The number of hydrogen-bond donors (Lipinski definition) is 0. The first-order valence-corrected chi connectivity index (χ1v) is 10.7. The first-order chi connectivity index (χ1) is 14.6. The molecule has 1 atom stereocenters. The standard InChI is InChI=1S/C23H22N4O2S/c1-15-18(13-24)10-11-25-22(15)29-19-9-6-12-27(14-19)23(28)20-16(2)26-30-21(20)17-7-4-3-5-8-17/h3-5,7-8,10-11,19H,6,9,12,14H2,1-2H3/t19-/m1/s1. The summed E-state index contributed by atoms with van der Waals surface area (Å²) in [5.41, 5.74) is 3.71. The van der Waals surface area contributed by atoms with E-state index in [-0.39, 0.29) is 12.0 Å². The maximum absolute atomic E-state index is 13.4. The van der Waals surface area contributed by atoms with Crippen molar-refractivity contribution < 1.29 is 9.53 Å². The van der Waals surface area contributed by atoms with Gasteiger partial charge in [-0.3, -0.25) is 4.79 Å². The minimum absolute atomic E-state index is 0.0103. The van der Waals surface area contributed by atoms with Crippen LogP contribution in [0.4, 0.5) is 0 Å². The summed E-state index contributed by atoms with van der Waals surface area (Å²) < 4.78 is 10.6. The number of nitriles is 1. The molecule has 0 aliphatic carbocycles. The Kier molecular flexibility index (Phi) is 5.77. The van der Waals surface area contributed by atoms with Gasteiger partial charge in [0, 0.05) is 18.3 Å². The molecule has 4 rings (SSSR count). The van der Waals surface area contributed by atoms with Crippen LogP contribution in [0.15, 0.2) is 42.6 Å². The van der Waals surface area contributed by atoms with Crippen LogP contribution in [0.5, 0.6) is 5.88 Å². The lowest BCUT2D eigenvalue weighted by molar-refractivity contribution is 0.0526. The van der Waals surface area contributed by atoms with Gasteiger partial charge in [-0.05, 0) is 49.9 Å². The van der Waals surface area contributed by atoms with Gasteiger partial charge in [0.2, 0.25) is 5.88 Å². The average molecular weight is 419 g/mol. The number of rotatable bonds is 4. The van der Waals surface area contributed by atoms with Crippen molar-refractivity contribution in [1.82, 2.24) is 14.3 Å². The van der Waals surface area contributed by atoms with Crippen molar-refractivity contribution >= 4 is 17.4 Å². The highest BCUT2D eigenvalue weighted by molar-refractivity contribution is 7.10. The molecule has 0 saturated carbocycles. The number of pyridine rings is 1. The lowest BCUT2D eigenvalue weighted by atomic mass is 10.0. The third-order valence-corrected chi connectivity index (χ3v) is 6.32. The second-order valence-electron chi connectivity index (χ2n) is 7.37. The Labute approximate surface area is 179 Å². The van der Waals surface area contributed by atoms with Gasteiger partial charge in [0.25, 0.3) is 5.91 Å². The monoisotopic (exact) mass is 418 g/mol. The number of likely N-dealkylation sites (tertiary alicyclic amines) is 1. The van der Waals surface area contributed by atoms with Crippen LogP contribution in [0.2, 0.25) is 0 Å². The molecule has 0 bridgehead atoms. The van der Waals surface area contributed by atoms with Crippen molar-refractivity contribution in [3.63, 3.8) is 0 Å². The molecule has 1 aliphatic rings. The van der Waals surface area contributed by atoms with Gasteiger partial charge in [-0.2, -0.15) is 9.64 Å². The molecule has 2 aromatic heterocycles. The molecule has 1 aromatic carbocycles. The van der Waals surface area contributed by atoms with E-state index in [4.69, 9.17) is 4.74 Å². The fourth-order valence-corrected chi connectivity index (χ4v) is 4.59. The summed E-state index contributed by atoms with van der Waals surface area (Å²) in [6.07, 6.45) is 3.12. The molecule has 152 valence electrons. The Hall–Kier alpha value is -3.24. The molecule has 1 saturated heterocycles. The van der Waals surface area contributed by atoms with Gasteiger partial charge in [-0.15, -0.1) is 0 Å². The summed E-state index contributed by atoms with van der Waals surface area (Å²) in [6, 6.07) is 13.7. The molecule has 0 radical (unpaired) electrons. The summed E-state index contributed by atoms with van der Waals surface area (Å²) >= 11 is 1.36. The van der Waals surface area contributed by atoms with Crippen molar-refractivity contribution in [2.45, 2.75) is 32.8 Å². The molecular weight excluding hydrogens is 396 g/mol. The van der Waals surface area contributed by atoms with Crippen LogP contribution in [-0.4, -0.2) is 39.4 Å². The molecule has 7 heteroatoms. The topological polar surface area (TPSA) is 79.1 Å². The summed E-state index contributed by atoms with van der Waals surface area (Å²) in [5, 5.41) is 9.22. The summed E-state index contributed by atoms with van der Waals surface area (Å²) in [6.45, 7) is 4.89. The summed E-state index contributed by atoms with van der Waals surface area (Å²) in [5.74, 6) is 0.454. The van der Waals surface area contributed by atoms with Crippen LogP contribution in [0.25, 0.3) is 10.4 Å². The van der Waals surface area contributed by atoms with Gasteiger partial charge in [0.05, 0.1) is 34.3 Å². The Balaban J connectivity index is 1.54. The summed E-state index contributed by atoms with van der Waals surface area (Å²) in [4.78, 5) is 20.5. The second kappa shape index (κ2) is 8.64. The normalized spacial score (nSPS) is 16.2. The molecule has 0 unspecified atom stereocenters. The largest absolute Gasteiger partial charge is 0.472 e. The van der Waals surface area contributed by atoms with Crippen LogP contribution in [0, 0.1) is 25.2 Å². The number of amides is 1. The van der Waals surface area contributed by atoms with Crippen molar-refractivity contribution in [2.75, 3.05) is 13.1 Å². The lowest BCUT2D eigenvalue weighted by Gasteiger charge is -2.33. The van der Waals surface area contributed by atoms with Crippen molar-refractivity contribution in [1.29, 1.82) is 5.26 Å². The molecule has 1 amide bonds. The fraction of sp³-hybridized carbons (Fsp3) is 0.304. The molecule has 30 heavy (non-hydrogen) atoms. The molecule has 3 aromatic rings. The number of carbonyl (C=O) groups is 1. The number of ether oxygens (including phenoxy) is 1. The van der Waals surface area contributed by atoms with Gasteiger partial charge in [-0.1, -0.05) is 30.3 Å². The van der Waals surface area contributed by atoms with E-state index < -0.39 is 0 Å². The molecule has 3 heterocycles. The average Bonchev–Trinajstić information content (AvgIpc) is 3.17. The molecule has 1 aliphatic heterocycles. The van der Waals surface area contributed by atoms with E-state index in [1.165, 1.54) is 11.5 Å². The lowest BCUT2D eigenvalue weighted by Crippen LogP contribution is -2.44. The predicted molar refractivity (Wildman–Crippen MR) is 116 cm³/mol. The van der Waals surface area contributed by atoms with Crippen molar-refractivity contribution in [3.8, 4) is 22.4 Å². The van der Waals surface area contributed by atoms with Crippen molar-refractivity contribution in [2.24, 2.45) is 0 Å². The number of nitrogens with zero attached hydrogens (tertiary/aromatic N) is 4. The smallest absolute Gasteiger partial charge is 0.257 e. The maximum Gasteiger partial charge on any atom is 0.257 e. The highest BCUT2D eigenvalue weighted by Crippen LogP contribution is 2.32. The SMILES string of the molecule is Cc1nsc(-c2ccccc2)c1C(=O)N1CCC[C@@H](Oc2nccc(C#N)c2C)C1. The Bertz CT molecular complexity index is 1100. The van der Waals surface area contributed by atoms with E-state index in [0.717, 1.165) is 34.5 Å². The van der Waals surface area contributed by atoms with Crippen molar-refractivity contribution in [3.05, 3.63) is 65.0 Å². The minimum atomic E-state index is -0.157. The molecule has 0 spiro atoms. The molecule has 6 nitrogen and oxygen atoms in total. The van der Waals surface area contributed by atoms with Gasteiger partial charge in [-0.25, -0.2) is 4.98 Å². The number of carbonyl (C=O) groups excluding carboxylic acids is 1. The van der Waals surface area contributed by atoms with Crippen LogP contribution < -0.4 is 4.74 Å². The Morgan fingerprint density at radius 2 is 2.07 bits per heavy atom. The maximum atomic E-state index is 13.4. The van der Waals surface area contributed by atoms with E-state index in [9.17, 15) is 10.1 Å². The molecular formula is C23H22N4O2S. The van der Waals surface area contributed by atoms with E-state index in [0.29, 0.717) is 30.1 Å². The van der Waals surface area contributed by atoms with E-state index in [1.54, 1.807) is 12.3 Å². The van der Waals surface area contributed by atoms with Gasteiger partial charge < -0.3 is 9.64 Å². The third kappa shape index (κ3) is 3.91. The van der Waals surface area contributed by atoms with Gasteiger partial charge >= 0.3 is 0 Å². The zero-order valence-corrected chi connectivity index (χ0v) is 17.8. The van der Waals surface area contributed by atoms with Gasteiger partial charge in [0.15, 0.2) is 0 Å². The zero-order chi connectivity index (χ0) is 21.1. The number of hydrogen-bond acceptors (Lipinski definition) is 6. The predicted octanol–water partition coefficient (Wildman–Crippen LogP) is 4.38. The fourth-order valence-electron chi connectivity index (χ4n) is 3.70. The third-order valence-electron chi connectivity index (χ3n) is 5.33. The quantitative estimate of drug-likeness (QED) is 0.628. The number of aromatic nitrogens is 2. The Morgan fingerprint density at radius 3 is 2.83 bits per heavy atom. The van der Waals surface area contributed by atoms with Crippen LogP contribution in [0.1, 0.15) is 40.0 Å². The zero-order valence-electron chi connectivity index (χ0n) is 17.0. The highest BCUT2D eigenvalue weighted by Gasteiger charge is 2.30. The summed E-state index contributed by atoms with van der Waals surface area (Å²) in [7, 11) is 0. The van der Waals surface area contributed by atoms with Crippen LogP contribution in [-0.2, 0) is 0 Å². The van der Waals surface area contributed by atoms with E-state index in [1.807, 2.05) is 49.1 Å². The number of aryl methyl sites for hydroxylation is 1. The minimum Gasteiger partial charge on any atom is -0.472 e. The van der Waals surface area contributed by atoms with Gasteiger partial charge in [0.1, 0.15) is 6.10 Å². The van der Waals surface area contributed by atoms with E-state index >= 15 is 0 Å². The number of benzene rings is 1. The Morgan fingerprint density at radius 1 is 1.27 bits per heavy atom. The molecule has 1 fully saturated rings. The van der Waals surface area contributed by atoms with Crippen LogP contribution >= 0.6 is 11.5 Å². The molecule has 0 N–H and O–H groups in total.